The van der Waals surface area contributed by atoms with Gasteiger partial charge in [-0.1, -0.05) is 6.07 Å². The Morgan fingerprint density at radius 3 is 2.67 bits per heavy atom. The van der Waals surface area contributed by atoms with Crippen molar-refractivity contribution in [2.45, 2.75) is 51.2 Å². The van der Waals surface area contributed by atoms with Crippen LogP contribution in [-0.4, -0.2) is 51.9 Å². The van der Waals surface area contributed by atoms with Gasteiger partial charge in [0, 0.05) is 31.8 Å². The van der Waals surface area contributed by atoms with E-state index >= 15 is 0 Å². The number of nitrogens with zero attached hydrogens (tertiary/aromatic N) is 2. The topological polar surface area (TPSA) is 87.3 Å². The number of aromatic nitrogens is 2. The number of halogens is 2. The molecule has 1 aliphatic heterocycles. The summed E-state index contributed by atoms with van der Waals surface area (Å²) in [5, 5.41) is 2.72. The van der Waals surface area contributed by atoms with Gasteiger partial charge >= 0.3 is 0 Å². The molecule has 0 radical (unpaired) electrons. The maximum atomic E-state index is 14.5. The number of H-pyrrole nitrogens is 1. The van der Waals surface area contributed by atoms with Crippen molar-refractivity contribution >= 4 is 11.7 Å². The van der Waals surface area contributed by atoms with Gasteiger partial charge in [-0.2, -0.15) is 0 Å². The summed E-state index contributed by atoms with van der Waals surface area (Å²) in [5.41, 5.74) is -0.000827. The second kappa shape index (κ2) is 8.91. The van der Waals surface area contributed by atoms with Crippen LogP contribution in [0.15, 0.2) is 41.5 Å². The Labute approximate surface area is 173 Å². The number of pyridine rings is 2. The smallest absolute Gasteiger partial charge is 0.257 e. The standard InChI is InChI=1S/C21H26F2N4O3/c1-13(2)30-16-5-6-18(24-11-16)26-20(29)14(3)27-9-8-21(22,23)17(12-27)15-4-7-19(28)25-10-15/h4-7,10-11,13-14,17H,8-9,12H2,1-3H3,(H,25,28)(H,24,26,29). The average molecular weight is 420 g/mol. The summed E-state index contributed by atoms with van der Waals surface area (Å²) in [6.45, 7) is 5.58. The SMILES string of the molecule is CC(C)Oc1ccc(NC(=O)C(C)N2CCC(F)(F)C(c3ccc(=O)[nH]c3)C2)nc1. The van der Waals surface area contributed by atoms with Crippen molar-refractivity contribution in [3.8, 4) is 5.75 Å². The Bertz CT molecular complexity index is 910. The van der Waals surface area contributed by atoms with Gasteiger partial charge in [-0.3, -0.25) is 14.5 Å². The van der Waals surface area contributed by atoms with Crippen LogP contribution in [-0.2, 0) is 4.79 Å². The normalized spacial score (nSPS) is 20.0. The van der Waals surface area contributed by atoms with Crippen molar-refractivity contribution in [1.29, 1.82) is 0 Å². The zero-order chi connectivity index (χ0) is 21.9. The van der Waals surface area contributed by atoms with Gasteiger partial charge < -0.3 is 15.0 Å². The Morgan fingerprint density at radius 2 is 2.07 bits per heavy atom. The molecule has 1 amide bonds. The van der Waals surface area contributed by atoms with Gasteiger partial charge in [0.05, 0.1) is 24.3 Å². The van der Waals surface area contributed by atoms with Gasteiger partial charge in [0.2, 0.25) is 11.5 Å². The van der Waals surface area contributed by atoms with Crippen molar-refractivity contribution in [2.24, 2.45) is 0 Å². The number of nitrogens with one attached hydrogen (secondary N) is 2. The summed E-state index contributed by atoms with van der Waals surface area (Å²) < 4.78 is 34.6. The number of aromatic amines is 1. The van der Waals surface area contributed by atoms with Crippen LogP contribution < -0.4 is 15.6 Å². The molecule has 7 nitrogen and oxygen atoms in total. The van der Waals surface area contributed by atoms with Gasteiger partial charge in [0.1, 0.15) is 11.6 Å². The third-order valence-electron chi connectivity index (χ3n) is 5.16. The highest BCUT2D eigenvalue weighted by Gasteiger charge is 2.46. The summed E-state index contributed by atoms with van der Waals surface area (Å²) in [5.74, 6) is -3.39. The van der Waals surface area contributed by atoms with Crippen LogP contribution in [0.1, 0.15) is 38.7 Å². The minimum absolute atomic E-state index is 0.00221. The molecule has 2 N–H and O–H groups in total. The number of anilines is 1. The first-order valence-corrected chi connectivity index (χ1v) is 9.90. The molecule has 3 heterocycles. The fourth-order valence-corrected chi connectivity index (χ4v) is 3.46. The maximum absolute atomic E-state index is 14.5. The molecular weight excluding hydrogens is 394 g/mol. The van der Waals surface area contributed by atoms with Gasteiger partial charge in [0.15, 0.2) is 0 Å². The number of hydrogen-bond donors (Lipinski definition) is 2. The molecule has 2 aromatic rings. The zero-order valence-corrected chi connectivity index (χ0v) is 17.2. The van der Waals surface area contributed by atoms with Crippen LogP contribution in [0.3, 0.4) is 0 Å². The average Bonchev–Trinajstić information content (AvgIpc) is 2.69. The molecule has 0 bridgehead atoms. The Kier molecular flexibility index (Phi) is 6.50. The predicted molar refractivity (Wildman–Crippen MR) is 109 cm³/mol. The van der Waals surface area contributed by atoms with Crippen LogP contribution in [0, 0.1) is 0 Å². The van der Waals surface area contributed by atoms with Gasteiger partial charge in [-0.15, -0.1) is 0 Å². The lowest BCUT2D eigenvalue weighted by molar-refractivity contribution is -0.125. The lowest BCUT2D eigenvalue weighted by Gasteiger charge is -2.40. The van der Waals surface area contributed by atoms with Crippen molar-refractivity contribution in [3.05, 3.63) is 52.6 Å². The number of likely N-dealkylation sites (tertiary alicyclic amines) is 1. The molecule has 3 rings (SSSR count). The third-order valence-corrected chi connectivity index (χ3v) is 5.16. The monoisotopic (exact) mass is 420 g/mol. The zero-order valence-electron chi connectivity index (χ0n) is 17.2. The molecule has 30 heavy (non-hydrogen) atoms. The summed E-state index contributed by atoms with van der Waals surface area (Å²) >= 11 is 0. The Hall–Kier alpha value is -2.81. The van der Waals surface area contributed by atoms with Gasteiger partial charge in [-0.05, 0) is 38.5 Å². The van der Waals surface area contributed by atoms with Gasteiger partial charge in [-0.25, -0.2) is 13.8 Å². The first kappa shape index (κ1) is 21.9. The van der Waals surface area contributed by atoms with E-state index in [1.54, 1.807) is 24.0 Å². The molecule has 9 heteroatoms. The number of ether oxygens (including phenoxy) is 1. The van der Waals surface area contributed by atoms with Gasteiger partial charge in [0.25, 0.3) is 5.92 Å². The summed E-state index contributed by atoms with van der Waals surface area (Å²) in [6.07, 6.45) is 2.49. The molecular formula is C21H26F2N4O3. The number of carbonyl (C=O) groups excluding carboxylic acids is 1. The number of alkyl halides is 2. The van der Waals surface area contributed by atoms with E-state index in [4.69, 9.17) is 4.74 Å². The lowest BCUT2D eigenvalue weighted by Crippen LogP contribution is -2.52. The van der Waals surface area contributed by atoms with E-state index in [0.717, 1.165) is 0 Å². The molecule has 1 fully saturated rings. The maximum Gasteiger partial charge on any atom is 0.257 e. The molecule has 162 valence electrons. The highest BCUT2D eigenvalue weighted by molar-refractivity contribution is 5.93. The molecule has 2 unspecified atom stereocenters. The summed E-state index contributed by atoms with van der Waals surface area (Å²) in [7, 11) is 0. The minimum Gasteiger partial charge on any atom is -0.489 e. The fraction of sp³-hybridized carbons (Fsp3) is 0.476. The molecule has 1 saturated heterocycles. The third kappa shape index (κ3) is 5.21. The second-order valence-corrected chi connectivity index (χ2v) is 7.76. The molecule has 2 aromatic heterocycles. The molecule has 0 aliphatic carbocycles. The largest absolute Gasteiger partial charge is 0.489 e. The van der Waals surface area contributed by atoms with Crippen molar-refractivity contribution in [2.75, 3.05) is 18.4 Å². The van der Waals surface area contributed by atoms with Crippen molar-refractivity contribution in [3.63, 3.8) is 0 Å². The number of rotatable bonds is 6. The summed E-state index contributed by atoms with van der Waals surface area (Å²) in [4.78, 5) is 32.2. The quantitative estimate of drug-likeness (QED) is 0.750. The summed E-state index contributed by atoms with van der Waals surface area (Å²) in [6, 6.07) is 5.37. The van der Waals surface area contributed by atoms with Crippen LogP contribution >= 0.6 is 0 Å². The first-order chi connectivity index (χ1) is 14.2. The number of hydrogen-bond acceptors (Lipinski definition) is 5. The number of amides is 1. The van der Waals surface area contributed by atoms with Crippen LogP contribution in [0.4, 0.5) is 14.6 Å². The van der Waals surface area contributed by atoms with Crippen LogP contribution in [0.2, 0.25) is 0 Å². The molecule has 0 spiro atoms. The number of piperidine rings is 1. The highest BCUT2D eigenvalue weighted by Crippen LogP contribution is 2.40. The van der Waals surface area contributed by atoms with E-state index in [1.807, 2.05) is 13.8 Å². The predicted octanol–water partition coefficient (Wildman–Crippen LogP) is 3.01. The lowest BCUT2D eigenvalue weighted by atomic mass is 9.87. The van der Waals surface area contributed by atoms with E-state index in [9.17, 15) is 18.4 Å². The van der Waals surface area contributed by atoms with Crippen LogP contribution in [0.25, 0.3) is 0 Å². The molecule has 2 atom stereocenters. The second-order valence-electron chi connectivity index (χ2n) is 7.76. The molecule has 0 saturated carbocycles. The van der Waals surface area contributed by atoms with E-state index in [0.29, 0.717) is 17.1 Å². The van der Waals surface area contributed by atoms with E-state index in [1.165, 1.54) is 24.5 Å². The van der Waals surface area contributed by atoms with Crippen molar-refractivity contribution in [1.82, 2.24) is 14.9 Å². The molecule has 1 aliphatic rings. The Balaban J connectivity index is 1.66. The minimum atomic E-state index is -2.92. The first-order valence-electron chi connectivity index (χ1n) is 9.90. The van der Waals surface area contributed by atoms with Crippen LogP contribution in [0.5, 0.6) is 5.75 Å². The molecule has 0 aromatic carbocycles. The van der Waals surface area contributed by atoms with E-state index < -0.39 is 17.9 Å². The van der Waals surface area contributed by atoms with Crippen molar-refractivity contribution < 1.29 is 18.3 Å². The highest BCUT2D eigenvalue weighted by atomic mass is 19.3. The number of carbonyl (C=O) groups is 1. The Morgan fingerprint density at radius 1 is 1.30 bits per heavy atom. The van der Waals surface area contributed by atoms with E-state index in [2.05, 4.69) is 15.3 Å². The fourth-order valence-electron chi connectivity index (χ4n) is 3.46. The van der Waals surface area contributed by atoms with E-state index in [-0.39, 0.29) is 37.1 Å².